The molecule has 11 heteroatoms. The first kappa shape index (κ1) is 21.3. The second-order valence-corrected chi connectivity index (χ2v) is 7.05. The number of anilines is 1. The van der Waals surface area contributed by atoms with Crippen LogP contribution in [0, 0.1) is 5.82 Å². The Kier molecular flexibility index (Phi) is 5.56. The molecule has 32 heavy (non-hydrogen) atoms. The lowest BCUT2D eigenvalue weighted by molar-refractivity contribution is -0.137. The average Bonchev–Trinajstić information content (AvgIpc) is 3.08. The Morgan fingerprint density at radius 3 is 2.59 bits per heavy atom. The minimum absolute atomic E-state index is 0.0556. The molecule has 0 saturated heterocycles. The highest BCUT2D eigenvalue weighted by Crippen LogP contribution is 2.31. The van der Waals surface area contributed by atoms with Gasteiger partial charge in [-0.25, -0.2) is 9.18 Å². The molecule has 0 saturated carbocycles. The van der Waals surface area contributed by atoms with E-state index < -0.39 is 23.7 Å². The zero-order valence-electron chi connectivity index (χ0n) is 16.4. The number of amides is 3. The maximum atomic E-state index is 13.1. The summed E-state index contributed by atoms with van der Waals surface area (Å²) in [5.74, 6) is -1.37. The molecule has 166 valence electrons. The van der Waals surface area contributed by atoms with Crippen molar-refractivity contribution in [1.29, 1.82) is 0 Å². The van der Waals surface area contributed by atoms with Gasteiger partial charge in [0.15, 0.2) is 0 Å². The van der Waals surface area contributed by atoms with Crippen LogP contribution in [0.15, 0.2) is 65.5 Å². The van der Waals surface area contributed by atoms with Crippen LogP contribution in [0.2, 0.25) is 0 Å². The average molecular weight is 448 g/mol. The number of amidine groups is 1. The smallest absolute Gasteiger partial charge is 0.416 e. The number of carbonyl (C=O) groups is 2. The van der Waals surface area contributed by atoms with Crippen molar-refractivity contribution in [3.63, 3.8) is 0 Å². The van der Waals surface area contributed by atoms with Gasteiger partial charge in [0.05, 0.1) is 11.8 Å². The van der Waals surface area contributed by atoms with Gasteiger partial charge in [-0.15, -0.1) is 4.99 Å². The molecule has 2 aliphatic heterocycles. The van der Waals surface area contributed by atoms with Crippen LogP contribution in [0.3, 0.4) is 0 Å². The summed E-state index contributed by atoms with van der Waals surface area (Å²) in [7, 11) is 0. The van der Waals surface area contributed by atoms with Crippen LogP contribution in [0.4, 0.5) is 28.0 Å². The molecule has 0 spiro atoms. The number of ether oxygens (including phenoxy) is 1. The second-order valence-electron chi connectivity index (χ2n) is 7.05. The Balaban J connectivity index is 1.41. The van der Waals surface area contributed by atoms with E-state index in [9.17, 15) is 27.2 Å². The molecule has 1 N–H and O–H groups in total. The normalized spacial score (nSPS) is 16.1. The largest absolute Gasteiger partial charge is 0.418 e. The number of aliphatic imine (C=N–C) groups is 1. The van der Waals surface area contributed by atoms with E-state index in [0.29, 0.717) is 0 Å². The standard InChI is InChI=1S/C21H16F4N4O3/c22-15-6-4-13(5-7-15)11-28-8-9-29-12-17(32-20(29)27-19(28)31)18(30)26-16-3-1-2-14(10-16)21(23,24)25/h1-7,10,12H,8-9,11H2,(H,26,30). The molecule has 7 nitrogen and oxygen atoms in total. The predicted molar refractivity (Wildman–Crippen MR) is 106 cm³/mol. The number of halogens is 4. The quantitative estimate of drug-likeness (QED) is 0.719. The van der Waals surface area contributed by atoms with Gasteiger partial charge >= 0.3 is 18.2 Å². The highest BCUT2D eigenvalue weighted by atomic mass is 19.4. The molecule has 2 heterocycles. The number of nitrogens with zero attached hydrogens (tertiary/aromatic N) is 3. The van der Waals surface area contributed by atoms with Crippen molar-refractivity contribution in [1.82, 2.24) is 9.80 Å². The van der Waals surface area contributed by atoms with Gasteiger partial charge in [0.1, 0.15) is 5.82 Å². The molecule has 0 atom stereocenters. The van der Waals surface area contributed by atoms with E-state index in [1.54, 1.807) is 12.1 Å². The minimum Gasteiger partial charge on any atom is -0.418 e. The van der Waals surface area contributed by atoms with Crippen molar-refractivity contribution in [3.8, 4) is 0 Å². The highest BCUT2D eigenvalue weighted by Gasteiger charge is 2.33. The molecule has 0 unspecified atom stereocenters. The number of rotatable bonds is 4. The summed E-state index contributed by atoms with van der Waals surface area (Å²) in [5.41, 5.74) is -0.235. The molecule has 2 aliphatic rings. The van der Waals surface area contributed by atoms with Gasteiger partial charge in [-0.2, -0.15) is 13.2 Å². The molecular formula is C21H16F4N4O3. The Hall–Kier alpha value is -3.89. The fourth-order valence-corrected chi connectivity index (χ4v) is 3.13. The number of alkyl halides is 3. The fourth-order valence-electron chi connectivity index (χ4n) is 3.13. The van der Waals surface area contributed by atoms with E-state index in [2.05, 4.69) is 10.3 Å². The third kappa shape index (κ3) is 4.71. The Morgan fingerprint density at radius 1 is 1.12 bits per heavy atom. The summed E-state index contributed by atoms with van der Waals surface area (Å²) in [4.78, 5) is 31.7. The maximum Gasteiger partial charge on any atom is 0.416 e. The first-order chi connectivity index (χ1) is 15.2. The van der Waals surface area contributed by atoms with Gasteiger partial charge in [0.2, 0.25) is 5.76 Å². The summed E-state index contributed by atoms with van der Waals surface area (Å²) < 4.78 is 57.0. The third-order valence-electron chi connectivity index (χ3n) is 4.75. The van der Waals surface area contributed by atoms with Crippen LogP contribution >= 0.6 is 0 Å². The molecule has 4 rings (SSSR count). The molecule has 3 amide bonds. The highest BCUT2D eigenvalue weighted by molar-refractivity contribution is 6.06. The van der Waals surface area contributed by atoms with Crippen molar-refractivity contribution in [2.24, 2.45) is 4.99 Å². The first-order valence-electron chi connectivity index (χ1n) is 9.46. The number of urea groups is 1. The van der Waals surface area contributed by atoms with Crippen molar-refractivity contribution in [3.05, 3.63) is 77.4 Å². The Labute approximate surface area is 179 Å². The number of carbonyl (C=O) groups excluding carboxylic acids is 2. The predicted octanol–water partition coefficient (Wildman–Crippen LogP) is 3.95. The third-order valence-corrected chi connectivity index (χ3v) is 4.75. The topological polar surface area (TPSA) is 74.2 Å². The molecule has 2 aromatic rings. The summed E-state index contributed by atoms with van der Waals surface area (Å²) in [6.07, 6.45) is -3.21. The van der Waals surface area contributed by atoms with Gasteiger partial charge in [-0.3, -0.25) is 9.69 Å². The van der Waals surface area contributed by atoms with Gasteiger partial charge in [-0.1, -0.05) is 18.2 Å². The SMILES string of the molecule is O=C(Nc1cccc(C(F)(F)F)c1)C1=CN2CCN(Cc3ccc(F)cc3)C(=O)N=C2O1. The zero-order chi connectivity index (χ0) is 22.9. The maximum absolute atomic E-state index is 13.1. The van der Waals surface area contributed by atoms with E-state index >= 15 is 0 Å². The molecule has 2 aromatic carbocycles. The summed E-state index contributed by atoms with van der Waals surface area (Å²) in [6, 6.07) is 9.20. The number of hydrogen-bond acceptors (Lipinski definition) is 4. The van der Waals surface area contributed by atoms with Crippen LogP contribution in [-0.4, -0.2) is 40.8 Å². The molecule has 0 aliphatic carbocycles. The Morgan fingerprint density at radius 2 is 1.88 bits per heavy atom. The lowest BCUT2D eigenvalue weighted by Gasteiger charge is -2.19. The number of nitrogens with one attached hydrogen (secondary N) is 1. The number of hydrogen-bond donors (Lipinski definition) is 1. The summed E-state index contributed by atoms with van der Waals surface area (Å²) in [6.45, 7) is 0.744. The monoisotopic (exact) mass is 448 g/mol. The van der Waals surface area contributed by atoms with E-state index in [4.69, 9.17) is 4.74 Å². The summed E-state index contributed by atoms with van der Waals surface area (Å²) >= 11 is 0. The second kappa shape index (κ2) is 8.33. The molecule has 0 bridgehead atoms. The van der Waals surface area contributed by atoms with E-state index in [1.807, 2.05) is 0 Å². The van der Waals surface area contributed by atoms with E-state index in [-0.39, 0.29) is 42.9 Å². The molecule has 0 aromatic heterocycles. The molecule has 0 fully saturated rings. The zero-order valence-corrected chi connectivity index (χ0v) is 16.4. The van der Waals surface area contributed by atoms with Crippen LogP contribution in [-0.2, 0) is 22.3 Å². The molecular weight excluding hydrogens is 432 g/mol. The number of fused-ring (bicyclic) bond motifs is 1. The van der Waals surface area contributed by atoms with E-state index in [1.165, 1.54) is 40.3 Å². The van der Waals surface area contributed by atoms with Gasteiger partial charge in [-0.05, 0) is 35.9 Å². The van der Waals surface area contributed by atoms with Crippen LogP contribution in [0.1, 0.15) is 11.1 Å². The Bertz CT molecular complexity index is 1110. The van der Waals surface area contributed by atoms with Crippen molar-refractivity contribution < 1.29 is 31.9 Å². The van der Waals surface area contributed by atoms with Crippen LogP contribution < -0.4 is 5.32 Å². The van der Waals surface area contributed by atoms with Crippen LogP contribution in [0.5, 0.6) is 0 Å². The van der Waals surface area contributed by atoms with Crippen molar-refractivity contribution in [2.45, 2.75) is 12.7 Å². The first-order valence-corrected chi connectivity index (χ1v) is 9.46. The summed E-state index contributed by atoms with van der Waals surface area (Å²) in [5, 5.41) is 2.34. The van der Waals surface area contributed by atoms with Gasteiger partial charge in [0.25, 0.3) is 5.91 Å². The fraction of sp³-hybridized carbons (Fsp3) is 0.190. The van der Waals surface area contributed by atoms with Gasteiger partial charge in [0, 0.05) is 25.3 Å². The lowest BCUT2D eigenvalue weighted by Crippen LogP contribution is -2.31. The minimum atomic E-state index is -4.54. The van der Waals surface area contributed by atoms with E-state index in [0.717, 1.165) is 17.7 Å². The van der Waals surface area contributed by atoms with Gasteiger partial charge < -0.3 is 15.0 Å². The van der Waals surface area contributed by atoms with Crippen molar-refractivity contribution >= 4 is 23.6 Å². The lowest BCUT2D eigenvalue weighted by atomic mass is 10.2. The van der Waals surface area contributed by atoms with Crippen LogP contribution in [0.25, 0.3) is 0 Å². The number of benzene rings is 2. The van der Waals surface area contributed by atoms with Crippen molar-refractivity contribution in [2.75, 3.05) is 18.4 Å². The molecule has 0 radical (unpaired) electrons.